The topological polar surface area (TPSA) is 67.6 Å². The highest BCUT2D eigenvalue weighted by atomic mass is 16.5. The van der Waals surface area contributed by atoms with Crippen LogP contribution in [0.25, 0.3) is 0 Å². The highest BCUT2D eigenvalue weighted by Gasteiger charge is 2.18. The first-order chi connectivity index (χ1) is 9.22. The molecule has 1 aliphatic heterocycles. The van der Waals surface area contributed by atoms with E-state index in [0.29, 0.717) is 13.0 Å². The first-order valence-electron chi connectivity index (χ1n) is 6.56. The molecule has 19 heavy (non-hydrogen) atoms. The third-order valence-electron chi connectivity index (χ3n) is 3.26. The largest absolute Gasteiger partial charge is 0.383 e. The Labute approximate surface area is 113 Å². The lowest BCUT2D eigenvalue weighted by molar-refractivity contribution is -0.116. The molecule has 5 heteroatoms. The number of hydrogen-bond donors (Lipinski definition) is 2. The summed E-state index contributed by atoms with van der Waals surface area (Å²) in [6.07, 6.45) is 0.358. The summed E-state index contributed by atoms with van der Waals surface area (Å²) in [7, 11) is 1.72. The van der Waals surface area contributed by atoms with E-state index in [4.69, 9.17) is 10.5 Å². The number of amides is 1. The maximum atomic E-state index is 11.5. The summed E-state index contributed by atoms with van der Waals surface area (Å²) in [5, 5.41) is 2.87. The van der Waals surface area contributed by atoms with E-state index >= 15 is 0 Å². The smallest absolute Gasteiger partial charge is 0.225 e. The van der Waals surface area contributed by atoms with Crippen molar-refractivity contribution in [2.45, 2.75) is 19.5 Å². The summed E-state index contributed by atoms with van der Waals surface area (Å²) in [5.74, 6) is -0.0308. The van der Waals surface area contributed by atoms with Gasteiger partial charge in [-0.05, 0) is 23.3 Å². The highest BCUT2D eigenvalue weighted by Crippen LogP contribution is 2.25. The van der Waals surface area contributed by atoms with Crippen LogP contribution in [0, 0.1) is 0 Å². The summed E-state index contributed by atoms with van der Waals surface area (Å²) in [6, 6.07) is 6.09. The molecule has 0 radical (unpaired) electrons. The Balaban J connectivity index is 1.96. The molecule has 0 unspecified atom stereocenters. The second-order valence-electron chi connectivity index (χ2n) is 4.77. The number of nitrogens with two attached hydrogens (primary N) is 1. The van der Waals surface area contributed by atoms with Crippen molar-refractivity contribution in [1.82, 2.24) is 4.90 Å². The van der Waals surface area contributed by atoms with Crippen LogP contribution in [0.4, 0.5) is 5.69 Å². The van der Waals surface area contributed by atoms with Gasteiger partial charge in [-0.2, -0.15) is 0 Å². The summed E-state index contributed by atoms with van der Waals surface area (Å²) < 4.78 is 5.10. The lowest BCUT2D eigenvalue weighted by Gasteiger charge is -2.13. The SMILES string of the molecule is COCCN1Cc2ccc(NC(=O)CCN)cc2C1. The van der Waals surface area contributed by atoms with Crippen molar-refractivity contribution in [3.05, 3.63) is 29.3 Å². The van der Waals surface area contributed by atoms with Crippen LogP contribution in [-0.2, 0) is 22.6 Å². The van der Waals surface area contributed by atoms with Crippen LogP contribution in [0.3, 0.4) is 0 Å². The summed E-state index contributed by atoms with van der Waals surface area (Å²) in [6.45, 7) is 3.92. The van der Waals surface area contributed by atoms with Crippen LogP contribution in [0.2, 0.25) is 0 Å². The lowest BCUT2D eigenvalue weighted by atomic mass is 10.1. The zero-order valence-electron chi connectivity index (χ0n) is 11.3. The first kappa shape index (κ1) is 14.0. The zero-order valence-corrected chi connectivity index (χ0v) is 11.3. The Hall–Kier alpha value is -1.43. The number of carbonyl (C=O) groups is 1. The monoisotopic (exact) mass is 263 g/mol. The molecule has 0 saturated heterocycles. The summed E-state index contributed by atoms with van der Waals surface area (Å²) in [4.78, 5) is 13.8. The van der Waals surface area contributed by atoms with Gasteiger partial charge in [0.1, 0.15) is 0 Å². The van der Waals surface area contributed by atoms with Gasteiger partial charge in [-0.15, -0.1) is 0 Å². The van der Waals surface area contributed by atoms with Crippen LogP contribution in [-0.4, -0.2) is 37.6 Å². The lowest BCUT2D eigenvalue weighted by Crippen LogP contribution is -2.21. The van der Waals surface area contributed by atoms with Gasteiger partial charge in [0.2, 0.25) is 5.91 Å². The van der Waals surface area contributed by atoms with Crippen molar-refractivity contribution in [1.29, 1.82) is 0 Å². The molecule has 1 aromatic carbocycles. The van der Waals surface area contributed by atoms with Crippen LogP contribution in [0.1, 0.15) is 17.5 Å². The minimum atomic E-state index is -0.0308. The zero-order chi connectivity index (χ0) is 13.7. The van der Waals surface area contributed by atoms with Crippen LogP contribution < -0.4 is 11.1 Å². The predicted molar refractivity (Wildman–Crippen MR) is 74.7 cm³/mol. The molecule has 104 valence electrons. The molecule has 5 nitrogen and oxygen atoms in total. The molecule has 0 aliphatic carbocycles. The van der Waals surface area contributed by atoms with Gasteiger partial charge in [-0.3, -0.25) is 9.69 Å². The highest BCUT2D eigenvalue weighted by molar-refractivity contribution is 5.90. The fourth-order valence-electron chi connectivity index (χ4n) is 2.28. The predicted octanol–water partition coefficient (Wildman–Crippen LogP) is 0.936. The average molecular weight is 263 g/mol. The standard InChI is InChI=1S/C14H21N3O2/c1-19-7-6-17-9-11-2-3-13(8-12(11)10-17)16-14(18)4-5-15/h2-3,8H,4-7,9-10,15H2,1H3,(H,16,18). The van der Waals surface area contributed by atoms with Crippen LogP contribution in [0.5, 0.6) is 0 Å². The maximum absolute atomic E-state index is 11.5. The summed E-state index contributed by atoms with van der Waals surface area (Å²) in [5.41, 5.74) is 8.82. The molecule has 3 N–H and O–H groups in total. The van der Waals surface area contributed by atoms with Crippen molar-refractivity contribution >= 4 is 11.6 Å². The minimum Gasteiger partial charge on any atom is -0.383 e. The van der Waals surface area contributed by atoms with Crippen molar-refractivity contribution in [3.63, 3.8) is 0 Å². The van der Waals surface area contributed by atoms with Crippen molar-refractivity contribution in [3.8, 4) is 0 Å². The Morgan fingerprint density at radius 3 is 2.95 bits per heavy atom. The second kappa shape index (κ2) is 6.65. The average Bonchev–Trinajstić information content (AvgIpc) is 2.78. The van der Waals surface area contributed by atoms with Gasteiger partial charge < -0.3 is 15.8 Å². The molecule has 0 fully saturated rings. The van der Waals surface area contributed by atoms with E-state index in [-0.39, 0.29) is 5.91 Å². The van der Waals surface area contributed by atoms with Gasteiger partial charge in [-0.25, -0.2) is 0 Å². The fourth-order valence-corrected chi connectivity index (χ4v) is 2.28. The number of ether oxygens (including phenoxy) is 1. The molecule has 0 saturated carbocycles. The van der Waals surface area contributed by atoms with E-state index < -0.39 is 0 Å². The number of hydrogen-bond acceptors (Lipinski definition) is 4. The molecule has 1 amide bonds. The van der Waals surface area contributed by atoms with E-state index in [1.54, 1.807) is 7.11 Å². The van der Waals surface area contributed by atoms with Gasteiger partial charge in [0.05, 0.1) is 6.61 Å². The second-order valence-corrected chi connectivity index (χ2v) is 4.77. The van der Waals surface area contributed by atoms with E-state index in [9.17, 15) is 4.79 Å². The number of nitrogens with zero attached hydrogens (tertiary/aromatic N) is 1. The normalized spacial score (nSPS) is 14.4. The van der Waals surface area contributed by atoms with E-state index in [1.165, 1.54) is 11.1 Å². The molecular formula is C14H21N3O2. The Kier molecular flexibility index (Phi) is 4.90. The molecule has 1 aromatic rings. The van der Waals surface area contributed by atoms with Gasteiger partial charge >= 0.3 is 0 Å². The van der Waals surface area contributed by atoms with Crippen molar-refractivity contribution < 1.29 is 9.53 Å². The van der Waals surface area contributed by atoms with Gasteiger partial charge in [0.25, 0.3) is 0 Å². The van der Waals surface area contributed by atoms with Crippen molar-refractivity contribution in [2.75, 3.05) is 32.1 Å². The molecule has 1 heterocycles. The summed E-state index contributed by atoms with van der Waals surface area (Å²) >= 11 is 0. The quantitative estimate of drug-likeness (QED) is 0.801. The fraction of sp³-hybridized carbons (Fsp3) is 0.500. The number of fused-ring (bicyclic) bond motifs is 1. The Morgan fingerprint density at radius 2 is 2.21 bits per heavy atom. The number of benzene rings is 1. The number of methoxy groups -OCH3 is 1. The van der Waals surface area contributed by atoms with E-state index in [0.717, 1.165) is 31.9 Å². The van der Waals surface area contributed by atoms with Crippen LogP contribution in [0.15, 0.2) is 18.2 Å². The minimum absolute atomic E-state index is 0.0308. The number of anilines is 1. The maximum Gasteiger partial charge on any atom is 0.225 e. The third-order valence-corrected chi connectivity index (χ3v) is 3.26. The van der Waals surface area contributed by atoms with E-state index in [2.05, 4.69) is 22.3 Å². The van der Waals surface area contributed by atoms with Gasteiger partial charge in [0, 0.05) is 45.4 Å². The third kappa shape index (κ3) is 3.76. The van der Waals surface area contributed by atoms with Gasteiger partial charge in [0.15, 0.2) is 0 Å². The molecule has 0 spiro atoms. The molecule has 0 atom stereocenters. The number of nitrogens with one attached hydrogen (secondary N) is 1. The molecule has 0 bridgehead atoms. The Morgan fingerprint density at radius 1 is 1.42 bits per heavy atom. The van der Waals surface area contributed by atoms with Gasteiger partial charge in [-0.1, -0.05) is 6.07 Å². The van der Waals surface area contributed by atoms with E-state index in [1.807, 2.05) is 6.07 Å². The first-order valence-corrected chi connectivity index (χ1v) is 6.56. The number of rotatable bonds is 6. The number of carbonyl (C=O) groups excluding carboxylic acids is 1. The molecular weight excluding hydrogens is 242 g/mol. The van der Waals surface area contributed by atoms with Crippen molar-refractivity contribution in [2.24, 2.45) is 5.73 Å². The molecule has 0 aromatic heterocycles. The van der Waals surface area contributed by atoms with Crippen LogP contribution >= 0.6 is 0 Å². The molecule has 2 rings (SSSR count). The molecule has 1 aliphatic rings. The Bertz CT molecular complexity index is 448.